The minimum atomic E-state index is -0.133. The lowest BCUT2D eigenvalue weighted by Gasteiger charge is -2.29. The van der Waals surface area contributed by atoms with E-state index in [1.165, 1.54) is 11.1 Å². The maximum atomic E-state index is 11.8. The minimum Gasteiger partial charge on any atom is -0.466 e. The van der Waals surface area contributed by atoms with Crippen molar-refractivity contribution in [2.75, 3.05) is 6.61 Å². The van der Waals surface area contributed by atoms with Crippen LogP contribution in [0.3, 0.4) is 0 Å². The molecule has 3 heteroatoms. The van der Waals surface area contributed by atoms with E-state index in [9.17, 15) is 4.79 Å². The Labute approximate surface area is 138 Å². The largest absolute Gasteiger partial charge is 0.466 e. The van der Waals surface area contributed by atoms with Crippen molar-refractivity contribution in [1.82, 2.24) is 4.90 Å². The van der Waals surface area contributed by atoms with Crippen molar-refractivity contribution in [3.05, 3.63) is 71.8 Å². The highest BCUT2D eigenvalue weighted by Gasteiger charge is 2.18. The van der Waals surface area contributed by atoms with Crippen molar-refractivity contribution in [2.24, 2.45) is 0 Å². The summed E-state index contributed by atoms with van der Waals surface area (Å²) in [4.78, 5) is 14.1. The molecule has 0 saturated heterocycles. The molecular weight excluding hydrogens is 286 g/mol. The lowest BCUT2D eigenvalue weighted by atomic mass is 10.1. The van der Waals surface area contributed by atoms with E-state index in [2.05, 4.69) is 36.1 Å². The minimum absolute atomic E-state index is 0.120. The molecule has 0 fully saturated rings. The lowest BCUT2D eigenvalue weighted by Crippen LogP contribution is -2.34. The molecule has 23 heavy (non-hydrogen) atoms. The summed E-state index contributed by atoms with van der Waals surface area (Å²) >= 11 is 0. The highest BCUT2D eigenvalue weighted by molar-refractivity contribution is 5.70. The first-order valence-corrected chi connectivity index (χ1v) is 8.16. The Kier molecular flexibility index (Phi) is 6.82. The first kappa shape index (κ1) is 17.2. The molecule has 1 unspecified atom stereocenters. The molecule has 0 N–H and O–H groups in total. The van der Waals surface area contributed by atoms with E-state index in [0.717, 1.165) is 13.1 Å². The fraction of sp³-hybridized carbons (Fsp3) is 0.350. The van der Waals surface area contributed by atoms with Gasteiger partial charge in [0, 0.05) is 19.1 Å². The van der Waals surface area contributed by atoms with Gasteiger partial charge >= 0.3 is 5.97 Å². The fourth-order valence-electron chi connectivity index (χ4n) is 2.59. The molecule has 3 nitrogen and oxygen atoms in total. The second-order valence-electron chi connectivity index (χ2n) is 5.73. The van der Waals surface area contributed by atoms with Crippen LogP contribution in [0.15, 0.2) is 60.7 Å². The third-order valence-corrected chi connectivity index (χ3v) is 3.85. The maximum absolute atomic E-state index is 11.8. The van der Waals surface area contributed by atoms with Gasteiger partial charge in [0.15, 0.2) is 0 Å². The standard InChI is InChI=1S/C20H25NO2/c1-3-23-20(22)14-17(2)21(15-18-10-6-4-7-11-18)16-19-12-8-5-9-13-19/h4-13,17H,3,14-16H2,1-2H3. The van der Waals surface area contributed by atoms with Crippen LogP contribution in [0.25, 0.3) is 0 Å². The second kappa shape index (κ2) is 9.11. The fourth-order valence-corrected chi connectivity index (χ4v) is 2.59. The SMILES string of the molecule is CCOC(=O)CC(C)N(Cc1ccccc1)Cc1ccccc1. The Morgan fingerprint density at radius 1 is 0.957 bits per heavy atom. The van der Waals surface area contributed by atoms with Crippen molar-refractivity contribution < 1.29 is 9.53 Å². The van der Waals surface area contributed by atoms with Crippen LogP contribution in [0.5, 0.6) is 0 Å². The van der Waals surface area contributed by atoms with E-state index in [-0.39, 0.29) is 12.0 Å². The van der Waals surface area contributed by atoms with E-state index in [4.69, 9.17) is 4.74 Å². The van der Waals surface area contributed by atoms with Crippen LogP contribution in [0, 0.1) is 0 Å². The first-order valence-electron chi connectivity index (χ1n) is 8.16. The van der Waals surface area contributed by atoms with Crippen molar-refractivity contribution in [3.8, 4) is 0 Å². The normalized spacial score (nSPS) is 12.1. The molecule has 2 rings (SSSR count). The van der Waals surface area contributed by atoms with Gasteiger partial charge in [-0.2, -0.15) is 0 Å². The third-order valence-electron chi connectivity index (χ3n) is 3.85. The summed E-state index contributed by atoms with van der Waals surface area (Å²) in [7, 11) is 0. The molecule has 0 saturated carbocycles. The molecular formula is C20H25NO2. The first-order chi connectivity index (χ1) is 11.2. The second-order valence-corrected chi connectivity index (χ2v) is 5.73. The van der Waals surface area contributed by atoms with Gasteiger partial charge in [0.2, 0.25) is 0 Å². The Hall–Kier alpha value is -2.13. The molecule has 0 heterocycles. The van der Waals surface area contributed by atoms with Crippen LogP contribution in [0.4, 0.5) is 0 Å². The highest BCUT2D eigenvalue weighted by Crippen LogP contribution is 2.15. The molecule has 1 atom stereocenters. The van der Waals surface area contributed by atoms with Gasteiger partial charge in [-0.3, -0.25) is 9.69 Å². The Morgan fingerprint density at radius 3 is 1.87 bits per heavy atom. The number of nitrogens with zero attached hydrogens (tertiary/aromatic N) is 1. The molecule has 2 aromatic rings. The van der Waals surface area contributed by atoms with Crippen LogP contribution in [0.1, 0.15) is 31.4 Å². The molecule has 0 aliphatic rings. The average molecular weight is 311 g/mol. The van der Waals surface area contributed by atoms with E-state index >= 15 is 0 Å². The van der Waals surface area contributed by atoms with Crippen molar-refractivity contribution in [1.29, 1.82) is 0 Å². The Bertz CT molecular complexity index is 542. The van der Waals surface area contributed by atoms with Crippen molar-refractivity contribution in [2.45, 2.75) is 39.4 Å². The number of ether oxygens (including phenoxy) is 1. The number of carbonyl (C=O) groups is 1. The average Bonchev–Trinajstić information content (AvgIpc) is 2.56. The van der Waals surface area contributed by atoms with Crippen LogP contribution in [-0.2, 0) is 22.6 Å². The van der Waals surface area contributed by atoms with Crippen LogP contribution in [0.2, 0.25) is 0 Å². The van der Waals surface area contributed by atoms with Gasteiger partial charge in [-0.25, -0.2) is 0 Å². The molecule has 0 bridgehead atoms. The summed E-state index contributed by atoms with van der Waals surface area (Å²) in [5.74, 6) is -0.133. The molecule has 0 aliphatic carbocycles. The van der Waals surface area contributed by atoms with Crippen molar-refractivity contribution in [3.63, 3.8) is 0 Å². The Balaban J connectivity index is 2.08. The third kappa shape index (κ3) is 5.87. The molecule has 0 aromatic heterocycles. The summed E-state index contributed by atoms with van der Waals surface area (Å²) < 4.78 is 5.10. The number of hydrogen-bond acceptors (Lipinski definition) is 3. The van der Waals surface area contributed by atoms with Crippen LogP contribution in [-0.4, -0.2) is 23.5 Å². The van der Waals surface area contributed by atoms with E-state index < -0.39 is 0 Å². The van der Waals surface area contributed by atoms with Gasteiger partial charge in [-0.15, -0.1) is 0 Å². The lowest BCUT2D eigenvalue weighted by molar-refractivity contribution is -0.144. The Morgan fingerprint density at radius 2 is 1.43 bits per heavy atom. The molecule has 0 spiro atoms. The number of carbonyl (C=O) groups excluding carboxylic acids is 1. The molecule has 0 radical (unpaired) electrons. The van der Waals surface area contributed by atoms with Gasteiger partial charge < -0.3 is 4.74 Å². The summed E-state index contributed by atoms with van der Waals surface area (Å²) in [5, 5.41) is 0. The van der Waals surface area contributed by atoms with Gasteiger partial charge in [0.25, 0.3) is 0 Å². The molecule has 0 aliphatic heterocycles. The van der Waals surface area contributed by atoms with Gasteiger partial charge in [-0.1, -0.05) is 60.7 Å². The molecule has 122 valence electrons. The number of hydrogen-bond donors (Lipinski definition) is 0. The summed E-state index contributed by atoms with van der Waals surface area (Å²) in [6, 6.07) is 20.8. The van der Waals surface area contributed by atoms with Crippen LogP contribution >= 0.6 is 0 Å². The van der Waals surface area contributed by atoms with Crippen LogP contribution < -0.4 is 0 Å². The molecule has 0 amide bonds. The summed E-state index contributed by atoms with van der Waals surface area (Å²) in [5.41, 5.74) is 2.50. The predicted octanol–water partition coefficient (Wildman–Crippen LogP) is 4.03. The number of rotatable bonds is 8. The molecule has 2 aromatic carbocycles. The number of esters is 1. The topological polar surface area (TPSA) is 29.5 Å². The highest BCUT2D eigenvalue weighted by atomic mass is 16.5. The predicted molar refractivity (Wildman–Crippen MR) is 92.8 cm³/mol. The maximum Gasteiger partial charge on any atom is 0.307 e. The smallest absolute Gasteiger partial charge is 0.307 e. The quantitative estimate of drug-likeness (QED) is 0.689. The zero-order valence-electron chi connectivity index (χ0n) is 13.9. The zero-order valence-corrected chi connectivity index (χ0v) is 13.9. The van der Waals surface area contributed by atoms with E-state index in [1.54, 1.807) is 0 Å². The van der Waals surface area contributed by atoms with Crippen molar-refractivity contribution >= 4 is 5.97 Å². The zero-order chi connectivity index (χ0) is 16.5. The van der Waals surface area contributed by atoms with E-state index in [1.807, 2.05) is 43.3 Å². The van der Waals surface area contributed by atoms with Gasteiger partial charge in [-0.05, 0) is 25.0 Å². The summed E-state index contributed by atoms with van der Waals surface area (Å²) in [6.07, 6.45) is 0.410. The van der Waals surface area contributed by atoms with Gasteiger partial charge in [0.05, 0.1) is 13.0 Å². The number of benzene rings is 2. The summed E-state index contributed by atoms with van der Waals surface area (Å²) in [6.45, 7) is 5.99. The van der Waals surface area contributed by atoms with Gasteiger partial charge in [0.1, 0.15) is 0 Å². The monoisotopic (exact) mass is 311 g/mol. The van der Waals surface area contributed by atoms with E-state index in [0.29, 0.717) is 13.0 Å².